The molecule has 6 nitrogen and oxygen atoms in total. The highest BCUT2D eigenvalue weighted by Gasteiger charge is 2.28. The van der Waals surface area contributed by atoms with Gasteiger partial charge >= 0.3 is 0 Å². The van der Waals surface area contributed by atoms with Gasteiger partial charge in [-0.05, 0) is 23.8 Å². The van der Waals surface area contributed by atoms with Gasteiger partial charge in [0.2, 0.25) is 5.91 Å². The highest BCUT2D eigenvalue weighted by Crippen LogP contribution is 2.44. The minimum Gasteiger partial charge on any atom is -0.354 e. The number of benzene rings is 2. The highest BCUT2D eigenvalue weighted by atomic mass is 16.1. The smallest absolute Gasteiger partial charge is 0.221 e. The molecule has 0 radical (unpaired) electrons. The van der Waals surface area contributed by atoms with Crippen molar-refractivity contribution in [3.63, 3.8) is 0 Å². The number of nitrogens with one attached hydrogen (secondary N) is 1. The Morgan fingerprint density at radius 3 is 2.59 bits per heavy atom. The average molecular weight is 361 g/mol. The van der Waals surface area contributed by atoms with E-state index in [4.69, 9.17) is 0 Å². The van der Waals surface area contributed by atoms with Crippen molar-refractivity contribution >= 4 is 23.0 Å². The molecule has 27 heavy (non-hydrogen) atoms. The molecule has 2 aromatic carbocycles. The summed E-state index contributed by atoms with van der Waals surface area (Å²) in [6, 6.07) is 16.6. The van der Waals surface area contributed by atoms with Gasteiger partial charge in [-0.1, -0.05) is 30.3 Å². The summed E-state index contributed by atoms with van der Waals surface area (Å²) in [5, 5.41) is 7.29. The predicted molar refractivity (Wildman–Crippen MR) is 109 cm³/mol. The van der Waals surface area contributed by atoms with E-state index in [1.54, 1.807) is 13.1 Å². The molecular weight excluding hydrogens is 338 g/mol. The molecule has 0 aliphatic carbocycles. The van der Waals surface area contributed by atoms with Crippen LogP contribution in [-0.4, -0.2) is 29.4 Å². The van der Waals surface area contributed by atoms with Gasteiger partial charge in [0.05, 0.1) is 29.4 Å². The maximum Gasteiger partial charge on any atom is 0.221 e. The van der Waals surface area contributed by atoms with E-state index in [0.717, 1.165) is 41.5 Å². The zero-order valence-electron chi connectivity index (χ0n) is 15.8. The molecule has 0 saturated heterocycles. The fourth-order valence-electron chi connectivity index (χ4n) is 3.69. The summed E-state index contributed by atoms with van der Waals surface area (Å²) in [7, 11) is 3.98. The summed E-state index contributed by atoms with van der Waals surface area (Å²) in [5.41, 5.74) is 6.29. The van der Waals surface area contributed by atoms with Crippen molar-refractivity contribution in [2.45, 2.75) is 13.5 Å². The Bertz CT molecular complexity index is 979. The molecular formula is C21H23N5O. The first-order chi connectivity index (χ1) is 13.0. The van der Waals surface area contributed by atoms with Crippen LogP contribution in [0.3, 0.4) is 0 Å². The molecule has 0 spiro atoms. The second-order valence-electron chi connectivity index (χ2n) is 6.94. The number of amides is 1. The molecule has 0 saturated carbocycles. The molecule has 1 N–H and O–H groups in total. The Morgan fingerprint density at radius 1 is 1.15 bits per heavy atom. The number of hydrogen-bond donors (Lipinski definition) is 1. The first-order valence-corrected chi connectivity index (χ1v) is 8.97. The molecule has 2 heterocycles. The van der Waals surface area contributed by atoms with Crippen molar-refractivity contribution < 1.29 is 4.79 Å². The van der Waals surface area contributed by atoms with Crippen LogP contribution >= 0.6 is 0 Å². The van der Waals surface area contributed by atoms with Crippen LogP contribution in [0.2, 0.25) is 0 Å². The second kappa shape index (κ2) is 6.79. The number of carbonyl (C=O) groups is 1. The molecule has 138 valence electrons. The standard InChI is InChI=1S/C21H23N5O/c1-15(27)23-18-11-17(19-9-10-22-25(19)3)12-20-21(18)24(2)14-26(20)13-16-7-5-4-6-8-16/h4-12H,13-14H2,1-3H3,(H,23,27). The molecule has 1 aliphatic rings. The van der Waals surface area contributed by atoms with Crippen LogP contribution in [0.15, 0.2) is 54.7 Å². The zero-order chi connectivity index (χ0) is 19.0. The zero-order valence-corrected chi connectivity index (χ0v) is 15.8. The van der Waals surface area contributed by atoms with Crippen LogP contribution in [0.25, 0.3) is 11.3 Å². The largest absolute Gasteiger partial charge is 0.354 e. The van der Waals surface area contributed by atoms with Gasteiger partial charge in [-0.25, -0.2) is 0 Å². The quantitative estimate of drug-likeness (QED) is 0.773. The number of carbonyl (C=O) groups excluding carboxylic acids is 1. The van der Waals surface area contributed by atoms with Crippen molar-refractivity contribution in [2.24, 2.45) is 7.05 Å². The lowest BCUT2D eigenvalue weighted by Crippen LogP contribution is -2.27. The summed E-state index contributed by atoms with van der Waals surface area (Å²) in [4.78, 5) is 16.3. The molecule has 1 aliphatic heterocycles. The molecule has 4 rings (SSSR count). The van der Waals surface area contributed by atoms with E-state index in [1.807, 2.05) is 29.9 Å². The van der Waals surface area contributed by atoms with Crippen LogP contribution in [0, 0.1) is 0 Å². The van der Waals surface area contributed by atoms with Crippen molar-refractivity contribution in [1.82, 2.24) is 9.78 Å². The Kier molecular flexibility index (Phi) is 4.32. The lowest BCUT2D eigenvalue weighted by atomic mass is 10.1. The molecule has 1 amide bonds. The van der Waals surface area contributed by atoms with Crippen molar-refractivity contribution in [2.75, 3.05) is 28.8 Å². The van der Waals surface area contributed by atoms with E-state index >= 15 is 0 Å². The fourth-order valence-corrected chi connectivity index (χ4v) is 3.69. The summed E-state index contributed by atoms with van der Waals surface area (Å²) >= 11 is 0. The molecule has 0 atom stereocenters. The number of fused-ring (bicyclic) bond motifs is 1. The summed E-state index contributed by atoms with van der Waals surface area (Å²) in [5.74, 6) is -0.0748. The minimum absolute atomic E-state index is 0.0748. The Hall–Kier alpha value is -3.28. The van der Waals surface area contributed by atoms with Crippen LogP contribution in [0.4, 0.5) is 17.1 Å². The first kappa shape index (κ1) is 17.1. The number of rotatable bonds is 4. The molecule has 3 aromatic rings. The van der Waals surface area contributed by atoms with E-state index < -0.39 is 0 Å². The summed E-state index contributed by atoms with van der Waals surface area (Å²) in [6.07, 6.45) is 1.79. The number of aryl methyl sites for hydroxylation is 1. The number of nitrogens with zero attached hydrogens (tertiary/aromatic N) is 4. The van der Waals surface area contributed by atoms with E-state index in [1.165, 1.54) is 5.56 Å². The van der Waals surface area contributed by atoms with E-state index in [0.29, 0.717) is 0 Å². The van der Waals surface area contributed by atoms with Crippen LogP contribution in [0.5, 0.6) is 0 Å². The normalized spacial score (nSPS) is 13.0. The van der Waals surface area contributed by atoms with Gasteiger partial charge in [0.15, 0.2) is 0 Å². The maximum absolute atomic E-state index is 11.8. The molecule has 0 unspecified atom stereocenters. The summed E-state index contributed by atoms with van der Waals surface area (Å²) in [6.45, 7) is 3.12. The van der Waals surface area contributed by atoms with Crippen molar-refractivity contribution in [3.05, 3.63) is 60.3 Å². The molecule has 0 fully saturated rings. The third-order valence-corrected chi connectivity index (χ3v) is 4.84. The predicted octanol–water partition coefficient (Wildman–Crippen LogP) is 3.46. The lowest BCUT2D eigenvalue weighted by Gasteiger charge is -2.20. The monoisotopic (exact) mass is 361 g/mol. The van der Waals surface area contributed by atoms with Gasteiger partial charge in [0, 0.05) is 39.3 Å². The average Bonchev–Trinajstić information content (AvgIpc) is 3.19. The van der Waals surface area contributed by atoms with E-state index in [-0.39, 0.29) is 5.91 Å². The molecule has 6 heteroatoms. The van der Waals surface area contributed by atoms with Gasteiger partial charge < -0.3 is 15.1 Å². The number of aromatic nitrogens is 2. The minimum atomic E-state index is -0.0748. The summed E-state index contributed by atoms with van der Waals surface area (Å²) < 4.78 is 1.85. The van der Waals surface area contributed by atoms with Crippen LogP contribution < -0.4 is 15.1 Å². The first-order valence-electron chi connectivity index (χ1n) is 8.97. The van der Waals surface area contributed by atoms with Gasteiger partial charge in [-0.3, -0.25) is 9.48 Å². The van der Waals surface area contributed by atoms with Gasteiger partial charge in [-0.2, -0.15) is 5.10 Å². The third-order valence-electron chi connectivity index (χ3n) is 4.84. The SMILES string of the molecule is CC(=O)Nc1cc(-c2ccnn2C)cc2c1N(C)CN2Cc1ccccc1. The van der Waals surface area contributed by atoms with Gasteiger partial charge in [0.25, 0.3) is 0 Å². The highest BCUT2D eigenvalue weighted by molar-refractivity contribution is 5.99. The van der Waals surface area contributed by atoms with Crippen LogP contribution in [0.1, 0.15) is 12.5 Å². The van der Waals surface area contributed by atoms with E-state index in [9.17, 15) is 4.79 Å². The maximum atomic E-state index is 11.8. The fraction of sp³-hybridized carbons (Fsp3) is 0.238. The third kappa shape index (κ3) is 3.26. The lowest BCUT2D eigenvalue weighted by molar-refractivity contribution is -0.114. The molecule has 0 bridgehead atoms. The van der Waals surface area contributed by atoms with Gasteiger partial charge in [-0.15, -0.1) is 0 Å². The Balaban J connectivity index is 1.81. The Morgan fingerprint density at radius 2 is 1.93 bits per heavy atom. The number of hydrogen-bond acceptors (Lipinski definition) is 4. The van der Waals surface area contributed by atoms with Crippen molar-refractivity contribution in [1.29, 1.82) is 0 Å². The topological polar surface area (TPSA) is 53.4 Å². The Labute approximate surface area is 159 Å². The number of anilines is 3. The van der Waals surface area contributed by atoms with Gasteiger partial charge in [0.1, 0.15) is 0 Å². The molecule has 1 aromatic heterocycles. The van der Waals surface area contributed by atoms with E-state index in [2.05, 4.69) is 57.6 Å². The second-order valence-corrected chi connectivity index (χ2v) is 6.94. The van der Waals surface area contributed by atoms with Crippen LogP contribution in [-0.2, 0) is 18.4 Å². The van der Waals surface area contributed by atoms with Crippen molar-refractivity contribution in [3.8, 4) is 11.3 Å².